The highest BCUT2D eigenvalue weighted by molar-refractivity contribution is 6.28. The fraction of sp³-hybridized carbons (Fsp3) is 0.650. The maximum atomic E-state index is 6.29. The summed E-state index contributed by atoms with van der Waals surface area (Å²) in [5.41, 5.74) is 3.52. The lowest BCUT2D eigenvalue weighted by molar-refractivity contribution is 0.0984. The molecule has 2 aromatic rings. The molecule has 0 aromatic carbocycles. The van der Waals surface area contributed by atoms with Crippen LogP contribution in [-0.2, 0) is 24.2 Å². The van der Waals surface area contributed by atoms with Crippen LogP contribution in [0.4, 0.5) is 11.6 Å². The zero-order valence-corrected chi connectivity index (χ0v) is 17.3. The van der Waals surface area contributed by atoms with E-state index in [1.54, 1.807) is 0 Å². The molecule has 0 spiro atoms. The van der Waals surface area contributed by atoms with Crippen molar-refractivity contribution in [1.82, 2.24) is 19.7 Å². The Bertz CT molecular complexity index is 880. The Balaban J connectivity index is 1.49. The van der Waals surface area contributed by atoms with Crippen molar-refractivity contribution in [1.29, 1.82) is 0 Å². The number of halogens is 1. The van der Waals surface area contributed by atoms with Gasteiger partial charge in [-0.15, -0.1) is 0 Å². The molecule has 0 radical (unpaired) electrons. The molecule has 1 atom stereocenters. The Morgan fingerprint density at radius 3 is 2.86 bits per heavy atom. The van der Waals surface area contributed by atoms with Crippen molar-refractivity contribution in [2.24, 2.45) is 0 Å². The summed E-state index contributed by atoms with van der Waals surface area (Å²) in [7, 11) is 0. The Kier molecular flexibility index (Phi) is 4.67. The van der Waals surface area contributed by atoms with Gasteiger partial charge in [0.1, 0.15) is 11.6 Å². The normalized spacial score (nSPS) is 22.5. The molecule has 0 amide bonds. The zero-order chi connectivity index (χ0) is 19.3. The second-order valence-electron chi connectivity index (χ2n) is 8.05. The average Bonchev–Trinajstić information content (AvgIpc) is 3.46. The van der Waals surface area contributed by atoms with Gasteiger partial charge in [0.2, 0.25) is 5.28 Å². The van der Waals surface area contributed by atoms with Gasteiger partial charge in [0.15, 0.2) is 0 Å². The number of rotatable bonds is 4. The van der Waals surface area contributed by atoms with Gasteiger partial charge in [-0.2, -0.15) is 5.10 Å². The number of morpholine rings is 1. The van der Waals surface area contributed by atoms with E-state index in [0.717, 1.165) is 50.7 Å². The van der Waals surface area contributed by atoms with Crippen LogP contribution in [0.25, 0.3) is 0 Å². The van der Waals surface area contributed by atoms with E-state index < -0.39 is 0 Å². The third-order valence-corrected chi connectivity index (χ3v) is 6.22. The fourth-order valence-electron chi connectivity index (χ4n) is 4.33. The molecule has 2 aromatic heterocycles. The maximum absolute atomic E-state index is 6.29. The standard InChI is InChI=1S/C20H27ClN6O/c1-3-27-18(10-17(24-27)14-4-5-14)25-7-6-16-15(11-25)19(23-20(21)22-16)26-8-9-28-12-13(26)2/h10,13-14H,3-9,11-12H2,1-2H3/t13-/m1/s1. The van der Waals surface area contributed by atoms with Crippen molar-refractivity contribution in [2.45, 2.75) is 58.2 Å². The minimum absolute atomic E-state index is 0.279. The van der Waals surface area contributed by atoms with E-state index in [-0.39, 0.29) is 6.04 Å². The SMILES string of the molecule is CCn1nc(C2CC2)cc1N1CCc2nc(Cl)nc(N3CCOC[C@H]3C)c2C1. The molecular formula is C20H27ClN6O. The Labute approximate surface area is 170 Å². The highest BCUT2D eigenvalue weighted by atomic mass is 35.5. The number of fused-ring (bicyclic) bond motifs is 1. The molecule has 0 unspecified atom stereocenters. The molecule has 150 valence electrons. The summed E-state index contributed by atoms with van der Waals surface area (Å²) in [5, 5.41) is 5.20. The average molecular weight is 403 g/mol. The molecule has 2 aliphatic heterocycles. The molecular weight excluding hydrogens is 376 g/mol. The summed E-state index contributed by atoms with van der Waals surface area (Å²) in [6.07, 6.45) is 3.42. The van der Waals surface area contributed by atoms with Gasteiger partial charge in [0.05, 0.1) is 30.6 Å². The van der Waals surface area contributed by atoms with Crippen LogP contribution >= 0.6 is 11.6 Å². The lowest BCUT2D eigenvalue weighted by Crippen LogP contribution is -2.45. The van der Waals surface area contributed by atoms with Crippen LogP contribution in [-0.4, -0.2) is 52.1 Å². The molecule has 8 heteroatoms. The highest BCUT2D eigenvalue weighted by Crippen LogP contribution is 2.41. The third kappa shape index (κ3) is 3.24. The largest absolute Gasteiger partial charge is 0.377 e. The van der Waals surface area contributed by atoms with E-state index in [1.807, 2.05) is 0 Å². The number of hydrogen-bond acceptors (Lipinski definition) is 6. The van der Waals surface area contributed by atoms with E-state index in [9.17, 15) is 0 Å². The lowest BCUT2D eigenvalue weighted by atomic mass is 10.0. The summed E-state index contributed by atoms with van der Waals surface area (Å²) < 4.78 is 7.76. The first kappa shape index (κ1) is 18.2. The molecule has 3 aliphatic rings. The second-order valence-corrected chi connectivity index (χ2v) is 8.39. The van der Waals surface area contributed by atoms with Crippen LogP contribution in [0.15, 0.2) is 6.07 Å². The van der Waals surface area contributed by atoms with Gasteiger partial charge in [-0.25, -0.2) is 14.6 Å². The molecule has 1 saturated carbocycles. The number of hydrogen-bond donors (Lipinski definition) is 0. The van der Waals surface area contributed by atoms with Gasteiger partial charge in [-0.3, -0.25) is 0 Å². The predicted molar refractivity (Wildman–Crippen MR) is 109 cm³/mol. The smallest absolute Gasteiger partial charge is 0.224 e. The van der Waals surface area contributed by atoms with Crippen molar-refractivity contribution < 1.29 is 4.74 Å². The van der Waals surface area contributed by atoms with E-state index in [1.165, 1.54) is 29.9 Å². The maximum Gasteiger partial charge on any atom is 0.224 e. The highest BCUT2D eigenvalue weighted by Gasteiger charge is 2.32. The van der Waals surface area contributed by atoms with E-state index >= 15 is 0 Å². The third-order valence-electron chi connectivity index (χ3n) is 6.05. The molecule has 28 heavy (non-hydrogen) atoms. The molecule has 7 nitrogen and oxygen atoms in total. The van der Waals surface area contributed by atoms with Gasteiger partial charge >= 0.3 is 0 Å². The van der Waals surface area contributed by atoms with Crippen molar-refractivity contribution in [3.8, 4) is 0 Å². The topological polar surface area (TPSA) is 59.3 Å². The number of aromatic nitrogens is 4. The van der Waals surface area contributed by atoms with Crippen LogP contribution in [0.3, 0.4) is 0 Å². The number of nitrogens with zero attached hydrogens (tertiary/aromatic N) is 6. The first-order valence-electron chi connectivity index (χ1n) is 10.4. The van der Waals surface area contributed by atoms with Gasteiger partial charge in [0.25, 0.3) is 0 Å². The summed E-state index contributed by atoms with van der Waals surface area (Å²) in [6, 6.07) is 2.57. The van der Waals surface area contributed by atoms with Crippen molar-refractivity contribution in [3.05, 3.63) is 28.3 Å². The Morgan fingerprint density at radius 1 is 1.25 bits per heavy atom. The molecule has 5 rings (SSSR count). The Hall–Kier alpha value is -1.86. The minimum Gasteiger partial charge on any atom is -0.377 e. The molecule has 2 fully saturated rings. The van der Waals surface area contributed by atoms with Crippen LogP contribution in [0.5, 0.6) is 0 Å². The first-order chi connectivity index (χ1) is 13.6. The second kappa shape index (κ2) is 7.19. The molecule has 0 bridgehead atoms. The number of anilines is 2. The number of ether oxygens (including phenoxy) is 1. The lowest BCUT2D eigenvalue weighted by Gasteiger charge is -2.38. The quantitative estimate of drug-likeness (QED) is 0.732. The first-order valence-corrected chi connectivity index (χ1v) is 10.7. The van der Waals surface area contributed by atoms with E-state index in [2.05, 4.69) is 44.4 Å². The van der Waals surface area contributed by atoms with Gasteiger partial charge < -0.3 is 14.5 Å². The molecule has 1 aliphatic carbocycles. The van der Waals surface area contributed by atoms with Crippen molar-refractivity contribution in [3.63, 3.8) is 0 Å². The van der Waals surface area contributed by atoms with E-state index in [0.29, 0.717) is 17.8 Å². The van der Waals surface area contributed by atoms with Gasteiger partial charge in [-0.1, -0.05) is 0 Å². The van der Waals surface area contributed by atoms with Crippen LogP contribution < -0.4 is 9.80 Å². The molecule has 1 saturated heterocycles. The predicted octanol–water partition coefficient (Wildman–Crippen LogP) is 3.01. The molecule has 4 heterocycles. The summed E-state index contributed by atoms with van der Waals surface area (Å²) in [5.74, 6) is 2.85. The van der Waals surface area contributed by atoms with Gasteiger partial charge in [-0.05, 0) is 38.3 Å². The van der Waals surface area contributed by atoms with Crippen molar-refractivity contribution >= 4 is 23.2 Å². The van der Waals surface area contributed by atoms with Crippen molar-refractivity contribution in [2.75, 3.05) is 36.1 Å². The zero-order valence-electron chi connectivity index (χ0n) is 16.6. The fourth-order valence-corrected chi connectivity index (χ4v) is 4.52. The Morgan fingerprint density at radius 2 is 2.11 bits per heavy atom. The van der Waals surface area contributed by atoms with Crippen LogP contribution in [0, 0.1) is 0 Å². The molecule has 0 N–H and O–H groups in total. The minimum atomic E-state index is 0.279. The summed E-state index contributed by atoms with van der Waals surface area (Å²) >= 11 is 6.29. The van der Waals surface area contributed by atoms with E-state index in [4.69, 9.17) is 21.4 Å². The summed E-state index contributed by atoms with van der Waals surface area (Å²) in [6.45, 7) is 9.21. The van der Waals surface area contributed by atoms with Crippen LogP contribution in [0.2, 0.25) is 5.28 Å². The summed E-state index contributed by atoms with van der Waals surface area (Å²) in [4.78, 5) is 14.0. The monoisotopic (exact) mass is 402 g/mol. The van der Waals surface area contributed by atoms with Crippen LogP contribution in [0.1, 0.15) is 49.6 Å². The van der Waals surface area contributed by atoms with Gasteiger partial charge in [0, 0.05) is 50.1 Å². The number of aryl methyl sites for hydroxylation is 1.